The third kappa shape index (κ3) is 7.39. The van der Waals surface area contributed by atoms with Gasteiger partial charge in [-0.05, 0) is 35.9 Å². The predicted octanol–water partition coefficient (Wildman–Crippen LogP) is 3.21. The summed E-state index contributed by atoms with van der Waals surface area (Å²) < 4.78 is 18.3. The molecule has 0 aliphatic heterocycles. The van der Waals surface area contributed by atoms with Gasteiger partial charge in [0.2, 0.25) is 0 Å². The van der Waals surface area contributed by atoms with E-state index < -0.39 is 11.8 Å². The number of esters is 1. The standard InChI is InChI=1S/C19H20FNO3S/c20-17-10-5-4-7-15(17)13-19(23)24-14-18(22)21-11-6-12-25-16-8-2-1-3-9-16/h1-5,7-10H,6,11-14H2,(H,21,22). The Labute approximate surface area is 150 Å². The van der Waals surface area contributed by atoms with Crippen LogP contribution in [0.2, 0.25) is 0 Å². The molecule has 0 aliphatic rings. The van der Waals surface area contributed by atoms with Crippen molar-refractivity contribution in [3.63, 3.8) is 0 Å². The average Bonchev–Trinajstić information content (AvgIpc) is 2.62. The number of hydrogen-bond donors (Lipinski definition) is 1. The molecule has 0 heterocycles. The van der Waals surface area contributed by atoms with Crippen molar-refractivity contribution < 1.29 is 18.7 Å². The van der Waals surface area contributed by atoms with E-state index >= 15 is 0 Å². The fourth-order valence-corrected chi connectivity index (χ4v) is 2.93. The van der Waals surface area contributed by atoms with Gasteiger partial charge in [0.25, 0.3) is 5.91 Å². The highest BCUT2D eigenvalue weighted by atomic mass is 32.2. The van der Waals surface area contributed by atoms with Gasteiger partial charge in [-0.3, -0.25) is 9.59 Å². The summed E-state index contributed by atoms with van der Waals surface area (Å²) in [5.41, 5.74) is 0.255. The molecule has 0 atom stereocenters. The quantitative estimate of drug-likeness (QED) is 0.423. The highest BCUT2D eigenvalue weighted by Gasteiger charge is 2.10. The van der Waals surface area contributed by atoms with E-state index in [1.807, 2.05) is 30.3 Å². The Morgan fingerprint density at radius 1 is 1.04 bits per heavy atom. The second-order valence-corrected chi connectivity index (χ2v) is 6.46. The van der Waals surface area contributed by atoms with Crippen molar-refractivity contribution in [2.45, 2.75) is 17.7 Å². The van der Waals surface area contributed by atoms with Crippen LogP contribution in [0.25, 0.3) is 0 Å². The fraction of sp³-hybridized carbons (Fsp3) is 0.263. The van der Waals surface area contributed by atoms with E-state index in [1.54, 1.807) is 23.9 Å². The highest BCUT2D eigenvalue weighted by Crippen LogP contribution is 2.17. The molecule has 2 aromatic carbocycles. The lowest BCUT2D eigenvalue weighted by atomic mass is 10.1. The van der Waals surface area contributed by atoms with Gasteiger partial charge < -0.3 is 10.1 Å². The van der Waals surface area contributed by atoms with E-state index in [1.165, 1.54) is 17.0 Å². The molecule has 1 amide bonds. The first-order chi connectivity index (χ1) is 12.1. The van der Waals surface area contributed by atoms with Gasteiger partial charge in [0.1, 0.15) is 5.82 Å². The molecule has 2 rings (SSSR count). The van der Waals surface area contributed by atoms with Gasteiger partial charge in [-0.2, -0.15) is 0 Å². The molecule has 1 N–H and O–H groups in total. The maximum Gasteiger partial charge on any atom is 0.310 e. The molecule has 0 spiro atoms. The molecule has 0 saturated heterocycles. The van der Waals surface area contributed by atoms with Crippen molar-refractivity contribution in [1.29, 1.82) is 0 Å². The molecular weight excluding hydrogens is 341 g/mol. The second-order valence-electron chi connectivity index (χ2n) is 5.29. The Balaban J connectivity index is 1.56. The van der Waals surface area contributed by atoms with Crippen LogP contribution >= 0.6 is 11.8 Å². The number of hydrogen-bond acceptors (Lipinski definition) is 4. The largest absolute Gasteiger partial charge is 0.455 e. The SMILES string of the molecule is O=C(COC(=O)Cc1ccccc1F)NCCCSc1ccccc1. The molecule has 2 aromatic rings. The van der Waals surface area contributed by atoms with Crippen molar-refractivity contribution in [1.82, 2.24) is 5.32 Å². The maximum atomic E-state index is 13.4. The van der Waals surface area contributed by atoms with Crippen LogP contribution < -0.4 is 5.32 Å². The van der Waals surface area contributed by atoms with Crippen LogP contribution in [0.1, 0.15) is 12.0 Å². The lowest BCUT2D eigenvalue weighted by molar-refractivity contribution is -0.147. The number of amides is 1. The third-order valence-corrected chi connectivity index (χ3v) is 4.41. The lowest BCUT2D eigenvalue weighted by Gasteiger charge is -2.07. The topological polar surface area (TPSA) is 55.4 Å². The number of carbonyl (C=O) groups is 2. The molecule has 0 radical (unpaired) electrons. The molecule has 0 saturated carbocycles. The zero-order valence-electron chi connectivity index (χ0n) is 13.7. The molecule has 0 aliphatic carbocycles. The molecule has 4 nitrogen and oxygen atoms in total. The highest BCUT2D eigenvalue weighted by molar-refractivity contribution is 7.99. The summed E-state index contributed by atoms with van der Waals surface area (Å²) in [6.45, 7) is 0.169. The smallest absolute Gasteiger partial charge is 0.310 e. The van der Waals surface area contributed by atoms with Gasteiger partial charge in [0.05, 0.1) is 6.42 Å². The lowest BCUT2D eigenvalue weighted by Crippen LogP contribution is -2.30. The molecule has 0 bridgehead atoms. The first kappa shape index (κ1) is 19.0. The summed E-state index contributed by atoms with van der Waals surface area (Å²) in [6, 6.07) is 16.0. The van der Waals surface area contributed by atoms with Crippen LogP contribution in [0.4, 0.5) is 4.39 Å². The Morgan fingerprint density at radius 2 is 1.76 bits per heavy atom. The van der Waals surface area contributed by atoms with Gasteiger partial charge in [-0.15, -0.1) is 11.8 Å². The molecule has 0 fully saturated rings. The van der Waals surface area contributed by atoms with Crippen molar-refractivity contribution in [2.24, 2.45) is 0 Å². The molecule has 132 valence electrons. The van der Waals surface area contributed by atoms with Gasteiger partial charge in [-0.1, -0.05) is 36.4 Å². The monoisotopic (exact) mass is 361 g/mol. The second kappa shape index (κ2) is 10.5. The third-order valence-electron chi connectivity index (χ3n) is 3.31. The number of rotatable bonds is 9. The summed E-state index contributed by atoms with van der Waals surface area (Å²) in [6.07, 6.45) is 0.627. The van der Waals surface area contributed by atoms with Gasteiger partial charge >= 0.3 is 5.97 Å². The first-order valence-corrected chi connectivity index (χ1v) is 8.97. The summed E-state index contributed by atoms with van der Waals surface area (Å²) in [5.74, 6) is -0.552. The van der Waals surface area contributed by atoms with Crippen LogP contribution in [0.3, 0.4) is 0 Å². The minimum absolute atomic E-state index is 0.187. The van der Waals surface area contributed by atoms with E-state index in [0.717, 1.165) is 12.2 Å². The number of nitrogens with one attached hydrogen (secondary N) is 1. The molecular formula is C19H20FNO3S. The van der Waals surface area contributed by atoms with Crippen LogP contribution in [0, 0.1) is 5.82 Å². The fourth-order valence-electron chi connectivity index (χ4n) is 2.05. The number of benzene rings is 2. The van der Waals surface area contributed by atoms with Crippen LogP contribution in [-0.4, -0.2) is 30.8 Å². The number of ether oxygens (including phenoxy) is 1. The van der Waals surface area contributed by atoms with Crippen LogP contribution in [-0.2, 0) is 20.7 Å². The predicted molar refractivity (Wildman–Crippen MR) is 95.9 cm³/mol. The zero-order chi connectivity index (χ0) is 17.9. The normalized spacial score (nSPS) is 10.3. The Hall–Kier alpha value is -2.34. The van der Waals surface area contributed by atoms with E-state index in [-0.39, 0.29) is 24.5 Å². The van der Waals surface area contributed by atoms with Gasteiger partial charge in [0.15, 0.2) is 6.61 Å². The van der Waals surface area contributed by atoms with Gasteiger partial charge in [0, 0.05) is 11.4 Å². The van der Waals surface area contributed by atoms with E-state index in [9.17, 15) is 14.0 Å². The number of halogens is 1. The Bertz CT molecular complexity index is 694. The first-order valence-electron chi connectivity index (χ1n) is 7.99. The van der Waals surface area contributed by atoms with Crippen LogP contribution in [0.15, 0.2) is 59.5 Å². The van der Waals surface area contributed by atoms with Crippen molar-refractivity contribution >= 4 is 23.6 Å². The van der Waals surface area contributed by atoms with E-state index in [4.69, 9.17) is 4.74 Å². The Kier molecular flexibility index (Phi) is 7.98. The molecule has 6 heteroatoms. The molecule has 0 aromatic heterocycles. The van der Waals surface area contributed by atoms with Crippen molar-refractivity contribution in [2.75, 3.05) is 18.9 Å². The summed E-state index contributed by atoms with van der Waals surface area (Å²) in [5, 5.41) is 2.70. The maximum absolute atomic E-state index is 13.4. The number of carbonyl (C=O) groups excluding carboxylic acids is 2. The Morgan fingerprint density at radius 3 is 2.52 bits per heavy atom. The van der Waals surface area contributed by atoms with Crippen molar-refractivity contribution in [3.05, 3.63) is 66.0 Å². The zero-order valence-corrected chi connectivity index (χ0v) is 14.6. The van der Waals surface area contributed by atoms with Crippen LogP contribution in [0.5, 0.6) is 0 Å². The summed E-state index contributed by atoms with van der Waals surface area (Å²) >= 11 is 1.72. The van der Waals surface area contributed by atoms with Crippen molar-refractivity contribution in [3.8, 4) is 0 Å². The average molecular weight is 361 g/mol. The summed E-state index contributed by atoms with van der Waals surface area (Å²) in [7, 11) is 0. The molecule has 0 unspecified atom stereocenters. The number of thioether (sulfide) groups is 1. The van der Waals surface area contributed by atoms with E-state index in [2.05, 4.69) is 5.32 Å². The minimum atomic E-state index is -0.625. The molecule has 25 heavy (non-hydrogen) atoms. The minimum Gasteiger partial charge on any atom is -0.455 e. The van der Waals surface area contributed by atoms with E-state index in [0.29, 0.717) is 6.54 Å². The summed E-state index contributed by atoms with van der Waals surface area (Å²) in [4.78, 5) is 24.5. The van der Waals surface area contributed by atoms with Gasteiger partial charge in [-0.25, -0.2) is 4.39 Å².